The van der Waals surface area contributed by atoms with Gasteiger partial charge in [-0.1, -0.05) is 18.2 Å². The van der Waals surface area contributed by atoms with Crippen LogP contribution in [0, 0.1) is 0 Å². The van der Waals surface area contributed by atoms with Crippen molar-refractivity contribution >= 4 is 17.6 Å². The summed E-state index contributed by atoms with van der Waals surface area (Å²) < 4.78 is 0. The van der Waals surface area contributed by atoms with Crippen LogP contribution >= 0.6 is 0 Å². The third-order valence-corrected chi connectivity index (χ3v) is 3.13. The Bertz CT molecular complexity index is 630. The maximum absolute atomic E-state index is 11.9. The summed E-state index contributed by atoms with van der Waals surface area (Å²) >= 11 is 0. The molecule has 0 saturated heterocycles. The molecule has 1 aliphatic carbocycles. The molecule has 0 bridgehead atoms. The zero-order chi connectivity index (χ0) is 13.9. The van der Waals surface area contributed by atoms with Crippen molar-refractivity contribution in [1.29, 1.82) is 0 Å². The molecule has 1 heterocycles. The molecular weight excluding hydrogens is 254 g/mol. The van der Waals surface area contributed by atoms with Crippen molar-refractivity contribution in [2.24, 2.45) is 0 Å². The number of carbonyl (C=O) groups is 2. The summed E-state index contributed by atoms with van der Waals surface area (Å²) in [5.74, 6) is 0.175. The van der Waals surface area contributed by atoms with Crippen molar-refractivity contribution in [2.45, 2.75) is 18.9 Å². The van der Waals surface area contributed by atoms with Crippen molar-refractivity contribution < 1.29 is 9.59 Å². The fraction of sp³-hybridized carbons (Fsp3) is 0.200. The zero-order valence-corrected chi connectivity index (χ0v) is 10.8. The molecule has 2 aromatic rings. The van der Waals surface area contributed by atoms with Gasteiger partial charge in [-0.2, -0.15) is 0 Å². The van der Waals surface area contributed by atoms with Gasteiger partial charge in [0.05, 0.1) is 0 Å². The molecule has 0 aliphatic heterocycles. The Balaban J connectivity index is 1.64. The molecule has 0 atom stereocenters. The van der Waals surface area contributed by atoms with Gasteiger partial charge in [0.1, 0.15) is 11.5 Å². The average Bonchev–Trinajstić information content (AvgIpc) is 3.15. The van der Waals surface area contributed by atoms with E-state index in [4.69, 9.17) is 0 Å². The Labute approximate surface area is 116 Å². The van der Waals surface area contributed by atoms with E-state index < -0.39 is 0 Å². The van der Waals surface area contributed by atoms with Crippen LogP contribution in [0.2, 0.25) is 0 Å². The molecule has 5 heteroatoms. The highest BCUT2D eigenvalue weighted by molar-refractivity contribution is 6.04. The first-order chi connectivity index (χ1) is 9.72. The summed E-state index contributed by atoms with van der Waals surface area (Å²) in [5.41, 5.74) is 1.03. The molecule has 0 spiro atoms. The molecule has 3 N–H and O–H groups in total. The quantitative estimate of drug-likeness (QED) is 0.795. The molecule has 1 aromatic heterocycles. The summed E-state index contributed by atoms with van der Waals surface area (Å²) in [6.45, 7) is 0. The molecule has 0 unspecified atom stereocenters. The zero-order valence-electron chi connectivity index (χ0n) is 10.8. The SMILES string of the molecule is O=C(Nc1ccc(C(=O)NC2CC2)[nH]1)c1ccccc1. The van der Waals surface area contributed by atoms with E-state index in [0.717, 1.165) is 12.8 Å². The number of aromatic nitrogens is 1. The minimum Gasteiger partial charge on any atom is -0.348 e. The predicted molar refractivity (Wildman–Crippen MR) is 75.7 cm³/mol. The van der Waals surface area contributed by atoms with Gasteiger partial charge in [0, 0.05) is 11.6 Å². The van der Waals surface area contributed by atoms with Crippen molar-refractivity contribution in [2.75, 3.05) is 5.32 Å². The number of benzene rings is 1. The monoisotopic (exact) mass is 269 g/mol. The number of hydrogen-bond acceptors (Lipinski definition) is 2. The first kappa shape index (κ1) is 12.5. The van der Waals surface area contributed by atoms with Gasteiger partial charge in [-0.15, -0.1) is 0 Å². The lowest BCUT2D eigenvalue weighted by molar-refractivity contribution is 0.0945. The number of amides is 2. The van der Waals surface area contributed by atoms with Crippen LogP contribution in [0.1, 0.15) is 33.7 Å². The lowest BCUT2D eigenvalue weighted by Gasteiger charge is -2.03. The molecular formula is C15H15N3O2. The van der Waals surface area contributed by atoms with Gasteiger partial charge in [-0.05, 0) is 37.1 Å². The van der Waals surface area contributed by atoms with Gasteiger partial charge in [0.15, 0.2) is 0 Å². The van der Waals surface area contributed by atoms with E-state index in [2.05, 4.69) is 15.6 Å². The highest BCUT2D eigenvalue weighted by Gasteiger charge is 2.24. The fourth-order valence-corrected chi connectivity index (χ4v) is 1.88. The van der Waals surface area contributed by atoms with Crippen LogP contribution in [0.3, 0.4) is 0 Å². The van der Waals surface area contributed by atoms with E-state index in [1.807, 2.05) is 6.07 Å². The van der Waals surface area contributed by atoms with Crippen molar-refractivity contribution in [3.05, 3.63) is 53.7 Å². The Morgan fingerprint density at radius 1 is 1.00 bits per heavy atom. The van der Waals surface area contributed by atoms with Crippen LogP contribution in [0.4, 0.5) is 5.82 Å². The molecule has 20 heavy (non-hydrogen) atoms. The average molecular weight is 269 g/mol. The molecule has 1 saturated carbocycles. The van der Waals surface area contributed by atoms with E-state index in [-0.39, 0.29) is 11.8 Å². The third kappa shape index (κ3) is 2.88. The molecule has 102 valence electrons. The normalized spacial score (nSPS) is 13.8. The van der Waals surface area contributed by atoms with Crippen LogP contribution in [-0.4, -0.2) is 22.8 Å². The van der Waals surface area contributed by atoms with E-state index in [1.54, 1.807) is 36.4 Å². The second kappa shape index (κ2) is 5.21. The Hall–Kier alpha value is -2.56. The van der Waals surface area contributed by atoms with Crippen LogP contribution in [0.25, 0.3) is 0 Å². The van der Waals surface area contributed by atoms with Gasteiger partial charge < -0.3 is 15.6 Å². The molecule has 1 aromatic carbocycles. The minimum absolute atomic E-state index is 0.132. The van der Waals surface area contributed by atoms with E-state index >= 15 is 0 Å². The molecule has 1 fully saturated rings. The summed E-state index contributed by atoms with van der Waals surface area (Å²) in [5, 5.41) is 5.61. The van der Waals surface area contributed by atoms with Crippen LogP contribution in [0.5, 0.6) is 0 Å². The lowest BCUT2D eigenvalue weighted by atomic mass is 10.2. The molecule has 1 aliphatic rings. The molecule has 5 nitrogen and oxygen atoms in total. The standard InChI is InChI=1S/C15H15N3O2/c19-14(10-4-2-1-3-5-10)18-13-9-8-12(17-13)15(20)16-11-6-7-11/h1-5,8-9,11,17H,6-7H2,(H,16,20)(H,18,19). The van der Waals surface area contributed by atoms with Crippen molar-refractivity contribution in [3.63, 3.8) is 0 Å². The number of nitrogens with one attached hydrogen (secondary N) is 3. The fourth-order valence-electron chi connectivity index (χ4n) is 1.88. The first-order valence-corrected chi connectivity index (χ1v) is 6.58. The van der Waals surface area contributed by atoms with Gasteiger partial charge in [-0.25, -0.2) is 0 Å². The summed E-state index contributed by atoms with van der Waals surface area (Å²) in [4.78, 5) is 26.7. The summed E-state index contributed by atoms with van der Waals surface area (Å²) in [7, 11) is 0. The highest BCUT2D eigenvalue weighted by atomic mass is 16.2. The summed E-state index contributed by atoms with van der Waals surface area (Å²) in [6.07, 6.45) is 2.09. The maximum atomic E-state index is 11.9. The Morgan fingerprint density at radius 3 is 2.45 bits per heavy atom. The lowest BCUT2D eigenvalue weighted by Crippen LogP contribution is -2.25. The number of hydrogen-bond donors (Lipinski definition) is 3. The number of rotatable bonds is 4. The van der Waals surface area contributed by atoms with Crippen LogP contribution < -0.4 is 10.6 Å². The van der Waals surface area contributed by atoms with Crippen molar-refractivity contribution in [1.82, 2.24) is 10.3 Å². The largest absolute Gasteiger partial charge is 0.348 e. The second-order valence-corrected chi connectivity index (χ2v) is 4.85. The minimum atomic E-state index is -0.207. The smallest absolute Gasteiger partial charge is 0.267 e. The number of aromatic amines is 1. The summed E-state index contributed by atoms with van der Waals surface area (Å²) in [6, 6.07) is 12.6. The highest BCUT2D eigenvalue weighted by Crippen LogP contribution is 2.19. The topological polar surface area (TPSA) is 74.0 Å². The van der Waals surface area contributed by atoms with Crippen LogP contribution in [-0.2, 0) is 0 Å². The van der Waals surface area contributed by atoms with Gasteiger partial charge >= 0.3 is 0 Å². The van der Waals surface area contributed by atoms with Gasteiger partial charge in [0.2, 0.25) is 0 Å². The Morgan fingerprint density at radius 2 is 1.75 bits per heavy atom. The first-order valence-electron chi connectivity index (χ1n) is 6.58. The number of H-pyrrole nitrogens is 1. The maximum Gasteiger partial charge on any atom is 0.267 e. The Kier molecular flexibility index (Phi) is 3.25. The molecule has 2 amide bonds. The van der Waals surface area contributed by atoms with E-state index in [0.29, 0.717) is 23.1 Å². The van der Waals surface area contributed by atoms with Gasteiger partial charge in [0.25, 0.3) is 11.8 Å². The van der Waals surface area contributed by atoms with Crippen molar-refractivity contribution in [3.8, 4) is 0 Å². The second-order valence-electron chi connectivity index (χ2n) is 4.85. The molecule has 3 rings (SSSR count). The van der Waals surface area contributed by atoms with Crippen LogP contribution in [0.15, 0.2) is 42.5 Å². The predicted octanol–water partition coefficient (Wildman–Crippen LogP) is 2.16. The van der Waals surface area contributed by atoms with Gasteiger partial charge in [-0.3, -0.25) is 9.59 Å². The number of anilines is 1. The van der Waals surface area contributed by atoms with E-state index in [1.165, 1.54) is 0 Å². The third-order valence-electron chi connectivity index (χ3n) is 3.13. The molecule has 0 radical (unpaired) electrons. The van der Waals surface area contributed by atoms with E-state index in [9.17, 15) is 9.59 Å². The number of carbonyl (C=O) groups excluding carboxylic acids is 2.